The first-order chi connectivity index (χ1) is 9.97. The van der Waals surface area contributed by atoms with Crippen molar-refractivity contribution in [1.82, 2.24) is 14.8 Å². The fourth-order valence-corrected chi connectivity index (χ4v) is 2.09. The maximum Gasteiger partial charge on any atom is 0.268 e. The Labute approximate surface area is 126 Å². The second-order valence-corrected chi connectivity index (χ2v) is 5.20. The lowest BCUT2D eigenvalue weighted by molar-refractivity contribution is -0.117. The number of nitrogens with one attached hydrogen (secondary N) is 1. The molecule has 0 bridgehead atoms. The van der Waals surface area contributed by atoms with Gasteiger partial charge in [0.25, 0.3) is 5.56 Å². The molecule has 0 fully saturated rings. The van der Waals surface area contributed by atoms with E-state index in [9.17, 15) is 9.59 Å². The lowest BCUT2D eigenvalue weighted by Crippen LogP contribution is -2.30. The molecule has 2 aromatic heterocycles. The summed E-state index contributed by atoms with van der Waals surface area (Å²) >= 11 is 5.98. The minimum atomic E-state index is -0.416. The average molecular weight is 307 g/mol. The number of rotatable bonds is 4. The summed E-state index contributed by atoms with van der Waals surface area (Å²) in [6, 6.07) is 6.44. The van der Waals surface area contributed by atoms with E-state index in [1.54, 1.807) is 24.4 Å². The van der Waals surface area contributed by atoms with E-state index < -0.39 is 5.56 Å². The third-order valence-corrected chi connectivity index (χ3v) is 3.05. The van der Waals surface area contributed by atoms with Crippen LogP contribution in [0.1, 0.15) is 25.5 Å². The normalized spacial score (nSPS) is 10.7. The Kier molecular flexibility index (Phi) is 4.70. The Bertz CT molecular complexity index is 698. The molecular formula is C14H15ClN4O2. The van der Waals surface area contributed by atoms with E-state index >= 15 is 0 Å². The van der Waals surface area contributed by atoms with Crippen LogP contribution in [0.4, 0.5) is 5.82 Å². The van der Waals surface area contributed by atoms with Crippen molar-refractivity contribution in [2.45, 2.75) is 26.3 Å². The summed E-state index contributed by atoms with van der Waals surface area (Å²) < 4.78 is 1.10. The molecule has 110 valence electrons. The monoisotopic (exact) mass is 306 g/mol. The van der Waals surface area contributed by atoms with Gasteiger partial charge in [0.1, 0.15) is 12.4 Å². The molecule has 0 saturated carbocycles. The van der Waals surface area contributed by atoms with Gasteiger partial charge in [-0.05, 0) is 18.1 Å². The molecule has 0 unspecified atom stereocenters. The van der Waals surface area contributed by atoms with Crippen LogP contribution in [0.15, 0.2) is 35.3 Å². The highest BCUT2D eigenvalue weighted by atomic mass is 35.5. The molecule has 0 saturated heterocycles. The predicted molar refractivity (Wildman–Crippen MR) is 80.5 cm³/mol. The van der Waals surface area contributed by atoms with Crippen molar-refractivity contribution in [3.8, 4) is 0 Å². The number of halogens is 1. The van der Waals surface area contributed by atoms with Crippen LogP contribution < -0.4 is 10.9 Å². The van der Waals surface area contributed by atoms with Crippen molar-refractivity contribution in [2.24, 2.45) is 0 Å². The SMILES string of the molecule is CC(C)c1nn(CC(=O)Nc2ccccn2)c(=O)cc1Cl. The smallest absolute Gasteiger partial charge is 0.268 e. The van der Waals surface area contributed by atoms with E-state index in [2.05, 4.69) is 15.4 Å². The summed E-state index contributed by atoms with van der Waals surface area (Å²) in [5.41, 5.74) is 0.169. The van der Waals surface area contributed by atoms with Crippen LogP contribution in [0.2, 0.25) is 5.02 Å². The molecule has 21 heavy (non-hydrogen) atoms. The maximum absolute atomic E-state index is 11.9. The lowest BCUT2D eigenvalue weighted by atomic mass is 10.1. The van der Waals surface area contributed by atoms with E-state index in [0.29, 0.717) is 16.5 Å². The Balaban J connectivity index is 2.17. The molecule has 7 heteroatoms. The van der Waals surface area contributed by atoms with Crippen LogP contribution in [-0.4, -0.2) is 20.7 Å². The predicted octanol–water partition coefficient (Wildman–Crippen LogP) is 2.05. The number of hydrogen-bond donors (Lipinski definition) is 1. The van der Waals surface area contributed by atoms with Crippen molar-refractivity contribution in [3.63, 3.8) is 0 Å². The summed E-state index contributed by atoms with van der Waals surface area (Å²) in [6.45, 7) is 3.64. The third-order valence-electron chi connectivity index (χ3n) is 2.75. The highest BCUT2D eigenvalue weighted by Gasteiger charge is 2.13. The largest absolute Gasteiger partial charge is 0.309 e. The molecule has 2 rings (SSSR count). The van der Waals surface area contributed by atoms with Crippen molar-refractivity contribution in [2.75, 3.05) is 5.32 Å². The molecular weight excluding hydrogens is 292 g/mol. The average Bonchev–Trinajstić information content (AvgIpc) is 2.42. The van der Waals surface area contributed by atoms with Crippen LogP contribution in [0.5, 0.6) is 0 Å². The molecule has 0 spiro atoms. The van der Waals surface area contributed by atoms with Gasteiger partial charge in [0.15, 0.2) is 0 Å². The number of carbonyl (C=O) groups is 1. The third kappa shape index (κ3) is 3.88. The second-order valence-electron chi connectivity index (χ2n) is 4.79. The number of pyridine rings is 1. The van der Waals surface area contributed by atoms with Gasteiger partial charge in [-0.2, -0.15) is 5.10 Å². The Morgan fingerprint density at radius 3 is 2.81 bits per heavy atom. The Morgan fingerprint density at radius 2 is 2.19 bits per heavy atom. The number of amides is 1. The van der Waals surface area contributed by atoms with Crippen LogP contribution >= 0.6 is 11.6 Å². The van der Waals surface area contributed by atoms with Gasteiger partial charge in [0, 0.05) is 12.3 Å². The molecule has 0 aliphatic heterocycles. The molecule has 2 aromatic rings. The minimum absolute atomic E-state index is 0.0585. The molecule has 6 nitrogen and oxygen atoms in total. The highest BCUT2D eigenvalue weighted by Crippen LogP contribution is 2.19. The van der Waals surface area contributed by atoms with Crippen molar-refractivity contribution in [3.05, 3.63) is 51.5 Å². The fourth-order valence-electron chi connectivity index (χ4n) is 1.74. The van der Waals surface area contributed by atoms with Gasteiger partial charge in [0.05, 0.1) is 10.7 Å². The summed E-state index contributed by atoms with van der Waals surface area (Å²) in [7, 11) is 0. The molecule has 1 N–H and O–H groups in total. The fraction of sp³-hybridized carbons (Fsp3) is 0.286. The van der Waals surface area contributed by atoms with Gasteiger partial charge in [-0.25, -0.2) is 9.67 Å². The Hall–Kier alpha value is -2.21. The van der Waals surface area contributed by atoms with Crippen LogP contribution in [0.3, 0.4) is 0 Å². The van der Waals surface area contributed by atoms with Gasteiger partial charge in [0.2, 0.25) is 5.91 Å². The first kappa shape index (κ1) is 15.2. The first-order valence-electron chi connectivity index (χ1n) is 6.46. The van der Waals surface area contributed by atoms with Gasteiger partial charge in [-0.3, -0.25) is 9.59 Å². The number of nitrogens with zero attached hydrogens (tertiary/aromatic N) is 3. The molecule has 0 aliphatic carbocycles. The van der Waals surface area contributed by atoms with Crippen LogP contribution in [0.25, 0.3) is 0 Å². The molecule has 0 radical (unpaired) electrons. The van der Waals surface area contributed by atoms with Crippen LogP contribution in [0, 0.1) is 0 Å². The number of aromatic nitrogens is 3. The van der Waals surface area contributed by atoms with Crippen molar-refractivity contribution < 1.29 is 4.79 Å². The van der Waals surface area contributed by atoms with E-state index in [1.807, 2.05) is 13.8 Å². The van der Waals surface area contributed by atoms with E-state index in [4.69, 9.17) is 11.6 Å². The Morgan fingerprint density at radius 1 is 1.43 bits per heavy atom. The van der Waals surface area contributed by atoms with E-state index in [-0.39, 0.29) is 18.4 Å². The summed E-state index contributed by atoms with van der Waals surface area (Å²) in [4.78, 5) is 27.7. The minimum Gasteiger partial charge on any atom is -0.309 e. The van der Waals surface area contributed by atoms with E-state index in [0.717, 1.165) is 4.68 Å². The van der Waals surface area contributed by atoms with E-state index in [1.165, 1.54) is 6.07 Å². The highest BCUT2D eigenvalue weighted by molar-refractivity contribution is 6.31. The zero-order valence-corrected chi connectivity index (χ0v) is 12.5. The summed E-state index contributed by atoms with van der Waals surface area (Å²) in [5, 5.41) is 7.06. The zero-order valence-electron chi connectivity index (χ0n) is 11.7. The van der Waals surface area contributed by atoms with Gasteiger partial charge < -0.3 is 5.32 Å². The maximum atomic E-state index is 11.9. The zero-order chi connectivity index (χ0) is 15.4. The first-order valence-corrected chi connectivity index (χ1v) is 6.83. The van der Waals surface area contributed by atoms with Gasteiger partial charge >= 0.3 is 0 Å². The summed E-state index contributed by atoms with van der Waals surface area (Å²) in [6.07, 6.45) is 1.57. The number of hydrogen-bond acceptors (Lipinski definition) is 4. The molecule has 0 atom stereocenters. The number of carbonyl (C=O) groups excluding carboxylic acids is 1. The topological polar surface area (TPSA) is 76.9 Å². The van der Waals surface area contributed by atoms with Crippen LogP contribution in [-0.2, 0) is 11.3 Å². The lowest BCUT2D eigenvalue weighted by Gasteiger charge is -2.11. The standard InChI is InChI=1S/C14H15ClN4O2/c1-9(2)14-10(15)7-13(21)19(18-14)8-12(20)17-11-5-3-4-6-16-11/h3-7,9H,8H2,1-2H3,(H,16,17,20). The quantitative estimate of drug-likeness (QED) is 0.938. The molecule has 2 heterocycles. The van der Waals surface area contributed by atoms with Gasteiger partial charge in [-0.15, -0.1) is 0 Å². The van der Waals surface area contributed by atoms with Crippen molar-refractivity contribution >= 4 is 23.3 Å². The molecule has 1 amide bonds. The molecule has 0 aromatic carbocycles. The van der Waals surface area contributed by atoms with Crippen molar-refractivity contribution in [1.29, 1.82) is 0 Å². The number of anilines is 1. The van der Waals surface area contributed by atoms with Gasteiger partial charge in [-0.1, -0.05) is 31.5 Å². The second kappa shape index (κ2) is 6.49. The molecule has 0 aliphatic rings. The summed E-state index contributed by atoms with van der Waals surface area (Å²) in [5.74, 6) is 0.108.